The second-order valence-electron chi connectivity index (χ2n) is 8.35. The standard InChI is InChI=1S/C28H28N2O2/c1-19-9-8-14-25(21(19)3)30(26(31)16-15-22-11-5-4-6-12-22)18-24-17-23-13-7-10-20(2)27(23)29-28(24)32/h4-14,17H,15-16,18H2,1-3H3,(H,29,32). The number of aryl methyl sites for hydroxylation is 3. The Bertz CT molecular complexity index is 1320. The van der Waals surface area contributed by atoms with E-state index < -0.39 is 0 Å². The monoisotopic (exact) mass is 424 g/mol. The molecule has 4 heteroatoms. The molecule has 0 unspecified atom stereocenters. The molecule has 0 aliphatic heterocycles. The van der Waals surface area contributed by atoms with Crippen LogP contribution in [0.2, 0.25) is 0 Å². The summed E-state index contributed by atoms with van der Waals surface area (Å²) < 4.78 is 0. The zero-order chi connectivity index (χ0) is 22.7. The van der Waals surface area contributed by atoms with Crippen molar-refractivity contribution in [3.63, 3.8) is 0 Å². The van der Waals surface area contributed by atoms with Crippen LogP contribution in [-0.2, 0) is 17.8 Å². The van der Waals surface area contributed by atoms with Gasteiger partial charge in [0.1, 0.15) is 0 Å². The Morgan fingerprint density at radius 1 is 0.875 bits per heavy atom. The molecule has 32 heavy (non-hydrogen) atoms. The van der Waals surface area contributed by atoms with Gasteiger partial charge in [-0.15, -0.1) is 0 Å². The summed E-state index contributed by atoms with van der Waals surface area (Å²) in [6.07, 6.45) is 1.04. The summed E-state index contributed by atoms with van der Waals surface area (Å²) in [7, 11) is 0. The lowest BCUT2D eigenvalue weighted by atomic mass is 10.0. The summed E-state index contributed by atoms with van der Waals surface area (Å²) in [5, 5.41) is 0.970. The summed E-state index contributed by atoms with van der Waals surface area (Å²) in [6, 6.07) is 23.8. The van der Waals surface area contributed by atoms with Gasteiger partial charge in [-0.1, -0.05) is 60.7 Å². The topological polar surface area (TPSA) is 53.2 Å². The Hall–Kier alpha value is -3.66. The fraction of sp³-hybridized carbons (Fsp3) is 0.214. The highest BCUT2D eigenvalue weighted by Crippen LogP contribution is 2.26. The van der Waals surface area contributed by atoms with Crippen LogP contribution in [0.5, 0.6) is 0 Å². The highest BCUT2D eigenvalue weighted by atomic mass is 16.2. The number of aromatic amines is 1. The smallest absolute Gasteiger partial charge is 0.253 e. The Morgan fingerprint density at radius 2 is 1.59 bits per heavy atom. The summed E-state index contributed by atoms with van der Waals surface area (Å²) in [5.41, 5.74) is 6.44. The van der Waals surface area contributed by atoms with Gasteiger partial charge in [0.15, 0.2) is 0 Å². The molecule has 0 saturated carbocycles. The first-order valence-electron chi connectivity index (χ1n) is 11.0. The molecule has 1 amide bonds. The van der Waals surface area contributed by atoms with E-state index in [1.807, 2.05) is 93.6 Å². The minimum atomic E-state index is -0.155. The van der Waals surface area contributed by atoms with Gasteiger partial charge in [-0.25, -0.2) is 0 Å². The van der Waals surface area contributed by atoms with Crippen LogP contribution in [0.15, 0.2) is 77.6 Å². The highest BCUT2D eigenvalue weighted by Gasteiger charge is 2.20. The number of hydrogen-bond acceptors (Lipinski definition) is 2. The first-order valence-corrected chi connectivity index (χ1v) is 11.0. The molecular weight excluding hydrogens is 396 g/mol. The third kappa shape index (κ3) is 4.50. The average Bonchev–Trinajstić information content (AvgIpc) is 2.79. The van der Waals surface area contributed by atoms with Gasteiger partial charge in [-0.2, -0.15) is 0 Å². The molecule has 4 rings (SSSR count). The van der Waals surface area contributed by atoms with Gasteiger partial charge in [0, 0.05) is 17.7 Å². The Balaban J connectivity index is 1.70. The van der Waals surface area contributed by atoms with E-state index >= 15 is 0 Å². The van der Waals surface area contributed by atoms with Crippen molar-refractivity contribution in [1.82, 2.24) is 4.98 Å². The molecule has 0 fully saturated rings. The van der Waals surface area contributed by atoms with E-state index in [-0.39, 0.29) is 18.0 Å². The van der Waals surface area contributed by atoms with Gasteiger partial charge in [0.05, 0.1) is 12.1 Å². The average molecular weight is 425 g/mol. The van der Waals surface area contributed by atoms with Gasteiger partial charge < -0.3 is 9.88 Å². The SMILES string of the molecule is Cc1cccc(N(Cc2cc3cccc(C)c3[nH]c2=O)C(=O)CCc2ccccc2)c1C. The number of nitrogens with one attached hydrogen (secondary N) is 1. The Labute approximate surface area is 188 Å². The maximum absolute atomic E-state index is 13.4. The van der Waals surface area contributed by atoms with Gasteiger partial charge in [0.25, 0.3) is 5.56 Å². The second-order valence-corrected chi connectivity index (χ2v) is 8.35. The van der Waals surface area contributed by atoms with Crippen molar-refractivity contribution in [3.05, 3.63) is 111 Å². The van der Waals surface area contributed by atoms with Crippen LogP contribution < -0.4 is 10.5 Å². The maximum atomic E-state index is 13.4. The molecule has 0 radical (unpaired) electrons. The minimum Gasteiger partial charge on any atom is -0.321 e. The van der Waals surface area contributed by atoms with E-state index in [1.165, 1.54) is 0 Å². The number of anilines is 1. The van der Waals surface area contributed by atoms with E-state index in [0.717, 1.165) is 38.8 Å². The van der Waals surface area contributed by atoms with Crippen molar-refractivity contribution < 1.29 is 4.79 Å². The Morgan fingerprint density at radius 3 is 2.38 bits per heavy atom. The number of aromatic nitrogens is 1. The zero-order valence-electron chi connectivity index (χ0n) is 18.8. The molecular formula is C28H28N2O2. The van der Waals surface area contributed by atoms with Crippen molar-refractivity contribution in [1.29, 1.82) is 0 Å². The molecule has 0 bridgehead atoms. The summed E-state index contributed by atoms with van der Waals surface area (Å²) in [6.45, 7) is 6.28. The first-order chi connectivity index (χ1) is 15.4. The summed E-state index contributed by atoms with van der Waals surface area (Å²) in [4.78, 5) is 31.1. The third-order valence-electron chi connectivity index (χ3n) is 6.13. The van der Waals surface area contributed by atoms with Crippen molar-refractivity contribution in [2.24, 2.45) is 0 Å². The lowest BCUT2D eigenvalue weighted by Crippen LogP contribution is -2.33. The number of carbonyl (C=O) groups excluding carboxylic acids is 1. The molecule has 4 nitrogen and oxygen atoms in total. The van der Waals surface area contributed by atoms with Crippen LogP contribution in [0.4, 0.5) is 5.69 Å². The number of pyridine rings is 1. The minimum absolute atomic E-state index is 0.00583. The van der Waals surface area contributed by atoms with Gasteiger partial charge in [-0.05, 0) is 67.0 Å². The molecule has 3 aromatic carbocycles. The largest absolute Gasteiger partial charge is 0.321 e. The molecule has 0 aliphatic rings. The van der Waals surface area contributed by atoms with Gasteiger partial charge in [0.2, 0.25) is 5.91 Å². The van der Waals surface area contributed by atoms with E-state index in [4.69, 9.17) is 0 Å². The van der Waals surface area contributed by atoms with Crippen molar-refractivity contribution in [3.8, 4) is 0 Å². The second kappa shape index (κ2) is 9.23. The van der Waals surface area contributed by atoms with E-state index in [0.29, 0.717) is 18.4 Å². The van der Waals surface area contributed by atoms with Crippen LogP contribution in [0.25, 0.3) is 10.9 Å². The fourth-order valence-corrected chi connectivity index (χ4v) is 4.08. The number of hydrogen-bond donors (Lipinski definition) is 1. The number of carbonyl (C=O) groups is 1. The highest BCUT2D eigenvalue weighted by molar-refractivity contribution is 5.94. The van der Waals surface area contributed by atoms with E-state index in [1.54, 1.807) is 4.90 Å². The van der Waals surface area contributed by atoms with Crippen LogP contribution in [0, 0.1) is 20.8 Å². The molecule has 4 aromatic rings. The van der Waals surface area contributed by atoms with Crippen LogP contribution in [0.3, 0.4) is 0 Å². The molecule has 1 N–H and O–H groups in total. The van der Waals surface area contributed by atoms with E-state index in [2.05, 4.69) is 4.98 Å². The number of fused-ring (bicyclic) bond motifs is 1. The summed E-state index contributed by atoms with van der Waals surface area (Å²) >= 11 is 0. The van der Waals surface area contributed by atoms with E-state index in [9.17, 15) is 9.59 Å². The number of nitrogens with zero attached hydrogens (tertiary/aromatic N) is 1. The number of H-pyrrole nitrogens is 1. The third-order valence-corrected chi connectivity index (χ3v) is 6.13. The number of benzene rings is 3. The number of para-hydroxylation sites is 1. The molecule has 1 aromatic heterocycles. The first kappa shape index (κ1) is 21.6. The van der Waals surface area contributed by atoms with Gasteiger partial charge in [-0.3, -0.25) is 9.59 Å². The fourth-order valence-electron chi connectivity index (χ4n) is 4.08. The normalized spacial score (nSPS) is 11.0. The van der Waals surface area contributed by atoms with Crippen molar-refractivity contribution in [2.45, 2.75) is 40.2 Å². The maximum Gasteiger partial charge on any atom is 0.253 e. The molecule has 0 spiro atoms. The lowest BCUT2D eigenvalue weighted by Gasteiger charge is -2.25. The quantitative estimate of drug-likeness (QED) is 0.437. The summed E-state index contributed by atoms with van der Waals surface area (Å²) in [5.74, 6) is 0.00583. The molecule has 0 aliphatic carbocycles. The molecule has 162 valence electrons. The molecule has 0 saturated heterocycles. The van der Waals surface area contributed by atoms with Crippen molar-refractivity contribution in [2.75, 3.05) is 4.90 Å². The van der Waals surface area contributed by atoms with Crippen LogP contribution in [-0.4, -0.2) is 10.9 Å². The number of rotatable bonds is 6. The molecule has 1 heterocycles. The van der Waals surface area contributed by atoms with Gasteiger partial charge >= 0.3 is 0 Å². The van der Waals surface area contributed by atoms with Crippen molar-refractivity contribution >= 4 is 22.5 Å². The Kier molecular flexibility index (Phi) is 6.22. The predicted octanol–water partition coefficient (Wildman–Crippen LogP) is 5.62. The lowest BCUT2D eigenvalue weighted by molar-refractivity contribution is -0.118. The molecule has 0 atom stereocenters. The zero-order valence-corrected chi connectivity index (χ0v) is 18.8. The van der Waals surface area contributed by atoms with Crippen LogP contribution in [0.1, 0.15) is 34.2 Å². The van der Waals surface area contributed by atoms with Crippen LogP contribution >= 0.6 is 0 Å². The predicted molar refractivity (Wildman–Crippen MR) is 131 cm³/mol. The number of amides is 1.